The molecule has 1 aliphatic carbocycles. The van der Waals surface area contributed by atoms with E-state index in [0.29, 0.717) is 12.5 Å². The summed E-state index contributed by atoms with van der Waals surface area (Å²) >= 11 is 0. The minimum absolute atomic E-state index is 0.239. The lowest BCUT2D eigenvalue weighted by atomic mass is 9.82. The first-order valence-electron chi connectivity index (χ1n) is 5.64. The first-order chi connectivity index (χ1) is 7.17. The number of esters is 1. The molecule has 0 amide bonds. The predicted octanol–water partition coefficient (Wildman–Crippen LogP) is 0.953. The van der Waals surface area contributed by atoms with Crippen molar-refractivity contribution in [3.8, 4) is 0 Å². The van der Waals surface area contributed by atoms with Gasteiger partial charge in [-0.05, 0) is 46.2 Å². The van der Waals surface area contributed by atoms with E-state index in [1.165, 1.54) is 0 Å². The second-order valence-electron chi connectivity index (χ2n) is 4.05. The van der Waals surface area contributed by atoms with Gasteiger partial charge >= 0.3 is 5.97 Å². The highest BCUT2D eigenvalue weighted by atomic mass is 16.6. The molecule has 0 aliphatic heterocycles. The Morgan fingerprint density at radius 3 is 2.73 bits per heavy atom. The molecule has 4 nitrogen and oxygen atoms in total. The summed E-state index contributed by atoms with van der Waals surface area (Å²) in [5.41, 5.74) is 0. The topological polar surface area (TPSA) is 47.6 Å². The Labute approximate surface area is 91.3 Å². The summed E-state index contributed by atoms with van der Waals surface area (Å²) in [6.07, 6.45) is 1.91. The van der Waals surface area contributed by atoms with Gasteiger partial charge in [0.25, 0.3) is 0 Å². The summed E-state index contributed by atoms with van der Waals surface area (Å²) in [5.74, 6) is 0.448. The van der Waals surface area contributed by atoms with Crippen LogP contribution in [-0.4, -0.2) is 38.4 Å². The van der Waals surface area contributed by atoms with Crippen LogP contribution in [0.4, 0.5) is 0 Å². The standard InChI is InChI=1S/C11H21NO3/c1-4-14-11(13)8(2)15-10-5-9(6-10)7-12-3/h8-10,12H,4-7H2,1-3H3. The number of nitrogens with one attached hydrogen (secondary N) is 1. The molecule has 1 unspecified atom stereocenters. The third-order valence-electron chi connectivity index (χ3n) is 2.70. The molecule has 0 spiro atoms. The zero-order valence-electron chi connectivity index (χ0n) is 9.79. The van der Waals surface area contributed by atoms with Gasteiger partial charge in [0.1, 0.15) is 0 Å². The monoisotopic (exact) mass is 215 g/mol. The molecule has 1 saturated carbocycles. The van der Waals surface area contributed by atoms with E-state index in [9.17, 15) is 4.79 Å². The van der Waals surface area contributed by atoms with Crippen LogP contribution in [0.15, 0.2) is 0 Å². The van der Waals surface area contributed by atoms with Gasteiger partial charge in [-0.3, -0.25) is 0 Å². The molecular weight excluding hydrogens is 194 g/mol. The average molecular weight is 215 g/mol. The van der Waals surface area contributed by atoms with Gasteiger partial charge in [-0.25, -0.2) is 4.79 Å². The number of rotatable bonds is 6. The molecular formula is C11H21NO3. The molecule has 0 aromatic heterocycles. The van der Waals surface area contributed by atoms with E-state index < -0.39 is 6.10 Å². The lowest BCUT2D eigenvalue weighted by Gasteiger charge is -2.36. The summed E-state index contributed by atoms with van der Waals surface area (Å²) in [4.78, 5) is 11.3. The van der Waals surface area contributed by atoms with Crippen molar-refractivity contribution < 1.29 is 14.3 Å². The van der Waals surface area contributed by atoms with Crippen molar-refractivity contribution in [3.05, 3.63) is 0 Å². The largest absolute Gasteiger partial charge is 0.464 e. The first-order valence-corrected chi connectivity index (χ1v) is 5.64. The van der Waals surface area contributed by atoms with Crippen molar-refractivity contribution >= 4 is 5.97 Å². The molecule has 88 valence electrons. The normalized spacial score (nSPS) is 26.9. The summed E-state index contributed by atoms with van der Waals surface area (Å²) in [6.45, 7) is 5.01. The maximum Gasteiger partial charge on any atom is 0.334 e. The van der Waals surface area contributed by atoms with E-state index in [-0.39, 0.29) is 12.1 Å². The highest BCUT2D eigenvalue weighted by Crippen LogP contribution is 2.30. The number of carbonyl (C=O) groups is 1. The van der Waals surface area contributed by atoms with Gasteiger partial charge in [-0.2, -0.15) is 0 Å². The molecule has 15 heavy (non-hydrogen) atoms. The van der Waals surface area contributed by atoms with Crippen molar-refractivity contribution in [1.29, 1.82) is 0 Å². The minimum Gasteiger partial charge on any atom is -0.464 e. The van der Waals surface area contributed by atoms with Crippen LogP contribution < -0.4 is 5.32 Å². The summed E-state index contributed by atoms with van der Waals surface area (Å²) in [6, 6.07) is 0. The average Bonchev–Trinajstić information content (AvgIpc) is 2.14. The van der Waals surface area contributed by atoms with E-state index >= 15 is 0 Å². The Kier molecular flexibility index (Phi) is 5.05. The third-order valence-corrected chi connectivity index (χ3v) is 2.70. The van der Waals surface area contributed by atoms with Crippen molar-refractivity contribution in [2.24, 2.45) is 5.92 Å². The fourth-order valence-electron chi connectivity index (χ4n) is 1.84. The first kappa shape index (κ1) is 12.5. The van der Waals surface area contributed by atoms with Crippen molar-refractivity contribution in [2.45, 2.75) is 38.9 Å². The minimum atomic E-state index is -0.425. The molecule has 0 bridgehead atoms. The van der Waals surface area contributed by atoms with Crippen molar-refractivity contribution in [1.82, 2.24) is 5.32 Å². The van der Waals surface area contributed by atoms with Crippen LogP contribution in [0.3, 0.4) is 0 Å². The van der Waals surface area contributed by atoms with Crippen molar-refractivity contribution in [3.63, 3.8) is 0 Å². The quantitative estimate of drug-likeness (QED) is 0.670. The Balaban J connectivity index is 2.13. The lowest BCUT2D eigenvalue weighted by molar-refractivity contribution is -0.164. The molecule has 0 heterocycles. The molecule has 1 N–H and O–H groups in total. The molecule has 0 saturated heterocycles. The van der Waals surface area contributed by atoms with Crippen LogP contribution in [0.25, 0.3) is 0 Å². The smallest absolute Gasteiger partial charge is 0.334 e. The van der Waals surface area contributed by atoms with E-state index in [0.717, 1.165) is 19.4 Å². The molecule has 1 rings (SSSR count). The Hall–Kier alpha value is -0.610. The number of hydrogen-bond acceptors (Lipinski definition) is 4. The lowest BCUT2D eigenvalue weighted by Crippen LogP contribution is -2.40. The zero-order chi connectivity index (χ0) is 11.3. The fraction of sp³-hybridized carbons (Fsp3) is 0.909. The van der Waals surface area contributed by atoms with Crippen LogP contribution in [0.1, 0.15) is 26.7 Å². The van der Waals surface area contributed by atoms with Gasteiger partial charge < -0.3 is 14.8 Å². The third kappa shape index (κ3) is 3.80. The van der Waals surface area contributed by atoms with E-state index in [1.54, 1.807) is 13.8 Å². The van der Waals surface area contributed by atoms with Gasteiger partial charge in [0.2, 0.25) is 0 Å². The van der Waals surface area contributed by atoms with E-state index in [4.69, 9.17) is 9.47 Å². The van der Waals surface area contributed by atoms with Crippen LogP contribution in [0, 0.1) is 5.92 Å². The molecule has 0 aromatic rings. The van der Waals surface area contributed by atoms with Gasteiger partial charge in [-0.15, -0.1) is 0 Å². The van der Waals surface area contributed by atoms with Crippen LogP contribution >= 0.6 is 0 Å². The molecule has 1 fully saturated rings. The zero-order valence-corrected chi connectivity index (χ0v) is 9.79. The molecule has 1 atom stereocenters. The molecule has 0 radical (unpaired) electrons. The van der Waals surface area contributed by atoms with Gasteiger partial charge in [0.15, 0.2) is 6.10 Å². The molecule has 0 aromatic carbocycles. The highest BCUT2D eigenvalue weighted by molar-refractivity contribution is 5.74. The Morgan fingerprint density at radius 2 is 2.20 bits per heavy atom. The second-order valence-corrected chi connectivity index (χ2v) is 4.05. The second kappa shape index (κ2) is 6.08. The summed E-state index contributed by atoms with van der Waals surface area (Å²) in [5, 5.41) is 3.14. The maximum absolute atomic E-state index is 11.3. The molecule has 4 heteroatoms. The highest BCUT2D eigenvalue weighted by Gasteiger charge is 2.32. The van der Waals surface area contributed by atoms with Crippen LogP contribution in [-0.2, 0) is 14.3 Å². The van der Waals surface area contributed by atoms with Crippen LogP contribution in [0.5, 0.6) is 0 Å². The van der Waals surface area contributed by atoms with E-state index in [1.807, 2.05) is 7.05 Å². The number of hydrogen-bond donors (Lipinski definition) is 1. The van der Waals surface area contributed by atoms with Gasteiger partial charge in [0.05, 0.1) is 12.7 Å². The Bertz CT molecular complexity index is 202. The van der Waals surface area contributed by atoms with E-state index in [2.05, 4.69) is 5.32 Å². The number of ether oxygens (including phenoxy) is 2. The Morgan fingerprint density at radius 1 is 1.53 bits per heavy atom. The number of carbonyl (C=O) groups excluding carboxylic acids is 1. The predicted molar refractivity (Wildman–Crippen MR) is 57.6 cm³/mol. The van der Waals surface area contributed by atoms with Crippen LogP contribution in [0.2, 0.25) is 0 Å². The maximum atomic E-state index is 11.3. The summed E-state index contributed by atoms with van der Waals surface area (Å²) in [7, 11) is 1.95. The fourth-order valence-corrected chi connectivity index (χ4v) is 1.84. The summed E-state index contributed by atoms with van der Waals surface area (Å²) < 4.78 is 10.4. The SMILES string of the molecule is CCOC(=O)C(C)OC1CC(CNC)C1. The van der Waals surface area contributed by atoms with Gasteiger partial charge in [-0.1, -0.05) is 0 Å². The van der Waals surface area contributed by atoms with Crippen molar-refractivity contribution in [2.75, 3.05) is 20.2 Å². The molecule has 1 aliphatic rings. The van der Waals surface area contributed by atoms with Gasteiger partial charge in [0, 0.05) is 0 Å².